The van der Waals surface area contributed by atoms with E-state index in [9.17, 15) is 19.8 Å². The van der Waals surface area contributed by atoms with Crippen LogP contribution in [0.15, 0.2) is 71.8 Å². The summed E-state index contributed by atoms with van der Waals surface area (Å²) in [5.41, 5.74) is 1.32. The van der Waals surface area contributed by atoms with Gasteiger partial charge in [-0.3, -0.25) is 9.80 Å². The normalized spacial score (nSPS) is 23.2. The Kier molecular flexibility index (Phi) is 8.84. The molecule has 0 bridgehead atoms. The van der Waals surface area contributed by atoms with Gasteiger partial charge in [-0.25, -0.2) is 9.59 Å². The van der Waals surface area contributed by atoms with Crippen molar-refractivity contribution < 1.29 is 19.8 Å². The van der Waals surface area contributed by atoms with Gasteiger partial charge < -0.3 is 10.2 Å². The maximum Gasteiger partial charge on any atom is 0.332 e. The number of carbonyl (C=O) groups is 2. The summed E-state index contributed by atoms with van der Waals surface area (Å²) in [4.78, 5) is 31.0. The number of nitrogens with zero attached hydrogens (tertiary/aromatic N) is 2. The Hall–Kier alpha value is -2.96. The third-order valence-electron chi connectivity index (χ3n) is 9.84. The van der Waals surface area contributed by atoms with Crippen LogP contribution in [0.5, 0.6) is 0 Å². The van der Waals surface area contributed by atoms with E-state index in [2.05, 4.69) is 89.5 Å². The minimum atomic E-state index is -1.09. The molecule has 0 radical (unpaired) electrons. The Bertz CT molecular complexity index is 1170. The van der Waals surface area contributed by atoms with Crippen molar-refractivity contribution in [2.24, 2.45) is 11.8 Å². The number of likely N-dealkylation sites (tertiary alicyclic amines) is 2. The summed E-state index contributed by atoms with van der Waals surface area (Å²) in [5, 5.41) is 21.4. The highest BCUT2D eigenvalue weighted by molar-refractivity contribution is 5.99. The molecule has 0 spiro atoms. The molecule has 2 N–H and O–H groups in total. The first-order chi connectivity index (χ1) is 19.4. The monoisotopic (exact) mass is 574 g/mol. The second-order valence-corrected chi connectivity index (χ2v) is 15.0. The summed E-state index contributed by atoms with van der Waals surface area (Å²) in [5.74, 6) is -2.91. The Balaban J connectivity index is 1.70. The molecule has 2 saturated heterocycles. The molecule has 42 heavy (non-hydrogen) atoms. The summed E-state index contributed by atoms with van der Waals surface area (Å²) < 4.78 is 0. The van der Waals surface area contributed by atoms with Crippen LogP contribution in [0.2, 0.25) is 0 Å². The molecule has 228 valence electrons. The van der Waals surface area contributed by atoms with Crippen molar-refractivity contribution in [3.63, 3.8) is 0 Å². The fraction of sp³-hybridized carbons (Fsp3) is 0.556. The molecule has 0 atom stereocenters. The van der Waals surface area contributed by atoms with E-state index in [1.807, 2.05) is 36.4 Å². The lowest BCUT2D eigenvalue weighted by atomic mass is 9.66. The summed E-state index contributed by atoms with van der Waals surface area (Å²) in [6.45, 7) is 18.8. The van der Waals surface area contributed by atoms with Crippen molar-refractivity contribution in [1.82, 2.24) is 9.80 Å². The molecule has 2 heterocycles. The third-order valence-corrected chi connectivity index (χ3v) is 9.84. The maximum absolute atomic E-state index is 13.1. The average Bonchev–Trinajstić information content (AvgIpc) is 2.86. The third kappa shape index (κ3) is 6.65. The first kappa shape index (κ1) is 32.0. The highest BCUT2D eigenvalue weighted by Gasteiger charge is 2.51. The first-order valence-electron chi connectivity index (χ1n) is 15.3. The van der Waals surface area contributed by atoms with Gasteiger partial charge in [0, 0.05) is 35.2 Å². The van der Waals surface area contributed by atoms with Crippen molar-refractivity contribution in [2.45, 2.75) is 116 Å². The average molecular weight is 575 g/mol. The molecule has 0 amide bonds. The largest absolute Gasteiger partial charge is 0.478 e. The molecule has 6 nitrogen and oxygen atoms in total. The van der Waals surface area contributed by atoms with E-state index in [1.165, 1.54) is 11.1 Å². The van der Waals surface area contributed by atoms with E-state index in [0.717, 1.165) is 13.1 Å². The Morgan fingerprint density at radius 2 is 0.833 bits per heavy atom. The van der Waals surface area contributed by atoms with Crippen molar-refractivity contribution in [3.8, 4) is 0 Å². The first-order valence-corrected chi connectivity index (χ1v) is 15.3. The molecule has 0 unspecified atom stereocenters. The summed E-state index contributed by atoms with van der Waals surface area (Å²) in [7, 11) is 0. The van der Waals surface area contributed by atoms with Gasteiger partial charge in [-0.05, 0) is 104 Å². The number of benzene rings is 2. The van der Waals surface area contributed by atoms with E-state index in [4.69, 9.17) is 0 Å². The smallest absolute Gasteiger partial charge is 0.332 e. The van der Waals surface area contributed by atoms with Gasteiger partial charge in [0.25, 0.3) is 0 Å². The fourth-order valence-corrected chi connectivity index (χ4v) is 8.45. The van der Waals surface area contributed by atoms with Crippen LogP contribution in [0.25, 0.3) is 0 Å². The quantitative estimate of drug-likeness (QED) is 0.320. The van der Waals surface area contributed by atoms with Crippen LogP contribution in [0.1, 0.15) is 92.2 Å². The van der Waals surface area contributed by atoms with Crippen LogP contribution < -0.4 is 0 Å². The topological polar surface area (TPSA) is 81.1 Å². The molecule has 0 aromatic heterocycles. The van der Waals surface area contributed by atoms with Gasteiger partial charge in [0.1, 0.15) is 0 Å². The lowest BCUT2D eigenvalue weighted by molar-refractivity contribution is -0.138. The predicted octanol–water partition coefficient (Wildman–Crippen LogP) is 7.39. The zero-order valence-electron chi connectivity index (χ0n) is 26.8. The van der Waals surface area contributed by atoms with Gasteiger partial charge >= 0.3 is 11.9 Å². The van der Waals surface area contributed by atoms with E-state index >= 15 is 0 Å². The molecule has 6 heteroatoms. The van der Waals surface area contributed by atoms with Crippen LogP contribution in [0, 0.1) is 11.8 Å². The number of rotatable bonds is 8. The van der Waals surface area contributed by atoms with Crippen molar-refractivity contribution >= 4 is 11.9 Å². The molecule has 2 aliphatic rings. The number of piperidine rings is 2. The van der Waals surface area contributed by atoms with E-state index in [1.54, 1.807) is 0 Å². The maximum atomic E-state index is 13.1. The molecule has 2 aromatic rings. The second-order valence-electron chi connectivity index (χ2n) is 15.0. The number of carboxylic acids is 2. The molecular formula is C36H50N2O4. The van der Waals surface area contributed by atoms with Crippen molar-refractivity contribution in [2.75, 3.05) is 0 Å². The highest BCUT2D eigenvalue weighted by atomic mass is 16.4. The van der Waals surface area contributed by atoms with Crippen LogP contribution in [-0.2, 0) is 22.7 Å². The van der Waals surface area contributed by atoms with Crippen LogP contribution in [0.4, 0.5) is 0 Å². The fourth-order valence-electron chi connectivity index (χ4n) is 8.45. The SMILES string of the molecule is CC1(C)CC(/C(C(=O)O)=C(\C(=O)O)C2CC(C)(C)N(Cc3ccccc3)C(C)(C)C2)CC(C)(C)N1Cc1ccccc1. The van der Waals surface area contributed by atoms with Gasteiger partial charge in [-0.1, -0.05) is 60.7 Å². The van der Waals surface area contributed by atoms with Crippen LogP contribution in [0.3, 0.4) is 0 Å². The van der Waals surface area contributed by atoms with Crippen LogP contribution in [-0.4, -0.2) is 54.1 Å². The molecule has 0 aliphatic carbocycles. The Labute approximate surface area is 252 Å². The molecule has 2 fully saturated rings. The second kappa shape index (κ2) is 11.6. The summed E-state index contributed by atoms with van der Waals surface area (Å²) in [6.07, 6.45) is 2.34. The van der Waals surface area contributed by atoms with Gasteiger partial charge in [-0.2, -0.15) is 0 Å². The van der Waals surface area contributed by atoms with Gasteiger partial charge in [0.15, 0.2) is 0 Å². The minimum absolute atomic E-state index is 0.108. The standard InChI is InChI=1S/C36H50N2O4/c1-33(2)19-27(20-34(3,4)37(33)23-25-15-11-9-12-16-25)29(31(39)40)30(32(41)42)28-21-35(5,6)38(36(7,8)22-28)24-26-17-13-10-14-18-26/h9-18,27-28H,19-24H2,1-8H3,(H,39,40)(H,41,42)/b30-29+. The van der Waals surface area contributed by atoms with E-state index in [0.29, 0.717) is 25.7 Å². The zero-order chi connectivity index (χ0) is 31.1. The zero-order valence-corrected chi connectivity index (χ0v) is 26.8. The van der Waals surface area contributed by atoms with Crippen molar-refractivity contribution in [3.05, 3.63) is 82.9 Å². The minimum Gasteiger partial charge on any atom is -0.478 e. The Morgan fingerprint density at radius 3 is 1.07 bits per heavy atom. The van der Waals surface area contributed by atoms with Crippen molar-refractivity contribution in [1.29, 1.82) is 0 Å². The van der Waals surface area contributed by atoms with Gasteiger partial charge in [0.05, 0.1) is 11.1 Å². The van der Waals surface area contributed by atoms with Crippen LogP contribution >= 0.6 is 0 Å². The molecule has 2 aromatic carbocycles. The molecular weight excluding hydrogens is 524 g/mol. The Morgan fingerprint density at radius 1 is 0.571 bits per heavy atom. The van der Waals surface area contributed by atoms with E-state index in [-0.39, 0.29) is 45.1 Å². The number of carboxylic acid groups (broad SMARTS) is 2. The molecule has 2 aliphatic heterocycles. The highest BCUT2D eigenvalue weighted by Crippen LogP contribution is 2.49. The van der Waals surface area contributed by atoms with E-state index < -0.39 is 11.9 Å². The summed E-state index contributed by atoms with van der Waals surface area (Å²) >= 11 is 0. The number of hydrogen-bond donors (Lipinski definition) is 2. The molecule has 4 rings (SSSR count). The lowest BCUT2D eigenvalue weighted by Crippen LogP contribution is -2.61. The predicted molar refractivity (Wildman–Crippen MR) is 168 cm³/mol. The summed E-state index contributed by atoms with van der Waals surface area (Å²) in [6, 6.07) is 20.7. The van der Waals surface area contributed by atoms with Gasteiger partial charge in [-0.15, -0.1) is 0 Å². The molecule has 0 saturated carbocycles. The lowest BCUT2D eigenvalue weighted by Gasteiger charge is -2.57. The number of hydrogen-bond acceptors (Lipinski definition) is 4. The number of aliphatic carboxylic acids is 2. The van der Waals surface area contributed by atoms with Gasteiger partial charge in [0.2, 0.25) is 0 Å².